The summed E-state index contributed by atoms with van der Waals surface area (Å²) in [4.78, 5) is 6.73. The predicted molar refractivity (Wildman–Crippen MR) is 128 cm³/mol. The molecule has 1 aromatic heterocycles. The van der Waals surface area contributed by atoms with Crippen LogP contribution in [0.15, 0.2) is 42.6 Å². The lowest BCUT2D eigenvalue weighted by atomic mass is 10.1. The third-order valence-corrected chi connectivity index (χ3v) is 7.50. The number of ether oxygens (including phenoxy) is 4. The Bertz CT molecular complexity index is 1210. The summed E-state index contributed by atoms with van der Waals surface area (Å²) in [7, 11) is 1.64. The van der Waals surface area contributed by atoms with Crippen LogP contribution in [0.5, 0.6) is 23.0 Å². The van der Waals surface area contributed by atoms with Gasteiger partial charge in [0.05, 0.1) is 25.3 Å². The minimum Gasteiger partial charge on any atom is -0.497 e. The van der Waals surface area contributed by atoms with Crippen molar-refractivity contribution in [1.29, 1.82) is 0 Å². The van der Waals surface area contributed by atoms with Crippen molar-refractivity contribution < 1.29 is 24.1 Å². The van der Waals surface area contributed by atoms with Crippen LogP contribution in [0.25, 0.3) is 10.9 Å². The Morgan fingerprint density at radius 1 is 1.12 bits per heavy atom. The molecule has 1 saturated heterocycles. The van der Waals surface area contributed by atoms with Crippen molar-refractivity contribution in [2.45, 2.75) is 6.10 Å². The number of pyridine rings is 1. The van der Waals surface area contributed by atoms with Crippen LogP contribution >= 0.6 is 11.6 Å². The van der Waals surface area contributed by atoms with Crippen LogP contribution in [-0.2, 0) is 0 Å². The molecule has 2 aromatic carbocycles. The van der Waals surface area contributed by atoms with E-state index in [1.165, 1.54) is 0 Å². The monoisotopic (exact) mass is 482 g/mol. The molecule has 0 bridgehead atoms. The van der Waals surface area contributed by atoms with Gasteiger partial charge in [-0.05, 0) is 47.7 Å². The highest BCUT2D eigenvalue weighted by molar-refractivity contribution is 6.33. The summed E-state index contributed by atoms with van der Waals surface area (Å²) in [5.41, 5.74) is 1.69. The van der Waals surface area contributed by atoms with Gasteiger partial charge in [-0.2, -0.15) is 0 Å². The number of β-amino-alcohol motifs (C(OH)–C–C–N with tert-alkyl or cyclic N) is 1. The Morgan fingerprint density at radius 2 is 1.91 bits per heavy atom. The van der Waals surface area contributed by atoms with Gasteiger partial charge in [-0.1, -0.05) is 17.7 Å². The van der Waals surface area contributed by atoms with Gasteiger partial charge in [0.15, 0.2) is 11.5 Å². The molecule has 3 unspecified atom stereocenters. The van der Waals surface area contributed by atoms with Crippen LogP contribution in [0.1, 0.15) is 11.7 Å². The molecule has 1 N–H and O–H groups in total. The number of aliphatic hydroxyl groups is 1. The number of hydrogen-bond donors (Lipinski definition) is 1. The maximum Gasteiger partial charge on any atom is 0.161 e. The molecule has 4 atom stereocenters. The zero-order chi connectivity index (χ0) is 23.2. The van der Waals surface area contributed by atoms with E-state index in [4.69, 9.17) is 30.5 Å². The van der Waals surface area contributed by atoms with Gasteiger partial charge in [0, 0.05) is 37.1 Å². The lowest BCUT2D eigenvalue weighted by Gasteiger charge is -2.24. The first-order valence-corrected chi connectivity index (χ1v) is 12.0. The van der Waals surface area contributed by atoms with Crippen molar-refractivity contribution in [2.75, 3.05) is 46.6 Å². The Hall–Kier alpha value is -2.74. The van der Waals surface area contributed by atoms with Crippen molar-refractivity contribution in [3.05, 3.63) is 53.2 Å². The summed E-state index contributed by atoms with van der Waals surface area (Å²) in [5.74, 6) is 4.56. The second kappa shape index (κ2) is 8.80. The molecule has 6 rings (SSSR count). The molecule has 1 aliphatic carbocycles. The number of aromatic nitrogens is 1. The normalized spacial score (nSPS) is 24.0. The third-order valence-electron chi connectivity index (χ3n) is 7.23. The fourth-order valence-electron chi connectivity index (χ4n) is 5.33. The van der Waals surface area contributed by atoms with E-state index in [0.717, 1.165) is 41.1 Å². The molecule has 3 heterocycles. The molecule has 0 radical (unpaired) electrons. The van der Waals surface area contributed by atoms with Crippen LogP contribution in [0.2, 0.25) is 5.02 Å². The Labute approximate surface area is 203 Å². The van der Waals surface area contributed by atoms with Gasteiger partial charge in [0.25, 0.3) is 0 Å². The van der Waals surface area contributed by atoms with Crippen molar-refractivity contribution in [3.63, 3.8) is 0 Å². The minimum atomic E-state index is -0.556. The van der Waals surface area contributed by atoms with Gasteiger partial charge < -0.3 is 24.1 Å². The second-order valence-corrected chi connectivity index (χ2v) is 9.67. The average molecular weight is 483 g/mol. The highest BCUT2D eigenvalue weighted by Gasteiger charge is 2.55. The van der Waals surface area contributed by atoms with E-state index in [1.54, 1.807) is 13.3 Å². The highest BCUT2D eigenvalue weighted by Crippen LogP contribution is 2.52. The Kier molecular flexibility index (Phi) is 5.63. The first-order valence-electron chi connectivity index (χ1n) is 11.7. The SMILES string of the molecule is COc1ccc2ncc(Cl)c(OCC3C4CN(CC(O)c5ccc6c(c5)OCCO6)C[C@H]34)c2c1. The smallest absolute Gasteiger partial charge is 0.161 e. The summed E-state index contributed by atoms with van der Waals surface area (Å²) in [6, 6.07) is 11.4. The zero-order valence-electron chi connectivity index (χ0n) is 18.9. The molecule has 7 nitrogen and oxygen atoms in total. The number of hydrogen-bond acceptors (Lipinski definition) is 7. The molecule has 178 valence electrons. The van der Waals surface area contributed by atoms with Gasteiger partial charge in [0.1, 0.15) is 29.7 Å². The van der Waals surface area contributed by atoms with Crippen LogP contribution < -0.4 is 18.9 Å². The molecule has 3 aromatic rings. The van der Waals surface area contributed by atoms with Crippen molar-refractivity contribution in [3.8, 4) is 23.0 Å². The predicted octanol–water partition coefficient (Wildman–Crippen LogP) is 3.96. The number of rotatable bonds is 7. The van der Waals surface area contributed by atoms with Crippen LogP contribution in [0, 0.1) is 17.8 Å². The van der Waals surface area contributed by atoms with Crippen molar-refractivity contribution >= 4 is 22.5 Å². The first kappa shape index (κ1) is 21.8. The number of piperidine rings is 1. The third kappa shape index (κ3) is 4.02. The van der Waals surface area contributed by atoms with E-state index in [2.05, 4.69) is 9.88 Å². The summed E-state index contributed by atoms with van der Waals surface area (Å²) in [6.45, 7) is 4.29. The quantitative estimate of drug-likeness (QED) is 0.546. The number of benzene rings is 2. The number of aliphatic hydroxyl groups excluding tert-OH is 1. The van der Waals surface area contributed by atoms with Crippen LogP contribution in [0.3, 0.4) is 0 Å². The van der Waals surface area contributed by atoms with Crippen molar-refractivity contribution in [1.82, 2.24) is 9.88 Å². The molecule has 8 heteroatoms. The fourth-order valence-corrected chi connectivity index (χ4v) is 5.53. The van der Waals surface area contributed by atoms with Gasteiger partial charge in [-0.15, -0.1) is 0 Å². The van der Waals surface area contributed by atoms with E-state index in [-0.39, 0.29) is 0 Å². The molecule has 3 aliphatic rings. The summed E-state index contributed by atoms with van der Waals surface area (Å²) < 4.78 is 22.8. The van der Waals surface area contributed by atoms with E-state index >= 15 is 0 Å². The molecule has 0 amide bonds. The lowest BCUT2D eigenvalue weighted by Crippen LogP contribution is -2.30. The van der Waals surface area contributed by atoms with Gasteiger partial charge in [-0.25, -0.2) is 0 Å². The zero-order valence-corrected chi connectivity index (χ0v) is 19.7. The topological polar surface area (TPSA) is 73.3 Å². The van der Waals surface area contributed by atoms with E-state index in [1.807, 2.05) is 36.4 Å². The Balaban J connectivity index is 1.05. The molecular formula is C26H27ClN2O5. The van der Waals surface area contributed by atoms with Gasteiger partial charge in [0.2, 0.25) is 0 Å². The number of likely N-dealkylation sites (tertiary alicyclic amines) is 1. The van der Waals surface area contributed by atoms with E-state index in [0.29, 0.717) is 60.6 Å². The molecule has 0 spiro atoms. The maximum absolute atomic E-state index is 10.8. The highest BCUT2D eigenvalue weighted by atomic mass is 35.5. The standard InChI is InChI=1S/C26H27ClN2O5/c1-31-16-3-4-22-17(9-16)26(21(27)10-28-22)34-14-20-18-11-29(12-19(18)20)13-23(30)15-2-5-24-25(8-15)33-7-6-32-24/h2-5,8-10,18-20,23,30H,6-7,11-14H2,1H3/t18-,19?,20?,23?/m0/s1. The largest absolute Gasteiger partial charge is 0.497 e. The number of fused-ring (bicyclic) bond motifs is 3. The first-order chi connectivity index (χ1) is 16.6. The van der Waals surface area contributed by atoms with Gasteiger partial charge >= 0.3 is 0 Å². The molecule has 1 saturated carbocycles. The minimum absolute atomic E-state index is 0.507. The number of nitrogens with zero attached hydrogens (tertiary/aromatic N) is 2. The maximum atomic E-state index is 10.8. The molecule has 34 heavy (non-hydrogen) atoms. The summed E-state index contributed by atoms with van der Waals surface area (Å²) in [5, 5.41) is 12.2. The fraction of sp³-hybridized carbons (Fsp3) is 0.423. The summed E-state index contributed by atoms with van der Waals surface area (Å²) >= 11 is 6.43. The average Bonchev–Trinajstić information content (AvgIpc) is 3.32. The molecule has 2 fully saturated rings. The number of halogens is 1. The van der Waals surface area contributed by atoms with Crippen molar-refractivity contribution in [2.24, 2.45) is 17.8 Å². The van der Waals surface area contributed by atoms with E-state index in [9.17, 15) is 5.11 Å². The lowest BCUT2D eigenvalue weighted by molar-refractivity contribution is 0.113. The van der Waals surface area contributed by atoms with Gasteiger partial charge in [-0.3, -0.25) is 9.88 Å². The van der Waals surface area contributed by atoms with E-state index < -0.39 is 6.10 Å². The summed E-state index contributed by atoms with van der Waals surface area (Å²) in [6.07, 6.45) is 1.08. The number of methoxy groups -OCH3 is 1. The molecular weight excluding hydrogens is 456 g/mol. The second-order valence-electron chi connectivity index (χ2n) is 9.26. The Morgan fingerprint density at radius 3 is 2.71 bits per heavy atom. The van der Waals surface area contributed by atoms with Crippen LogP contribution in [-0.4, -0.2) is 61.6 Å². The molecule has 2 aliphatic heterocycles. The van der Waals surface area contributed by atoms with Crippen LogP contribution in [0.4, 0.5) is 0 Å².